The van der Waals surface area contributed by atoms with Crippen LogP contribution in [0.15, 0.2) is 35.0 Å². The number of carbonyl (C=O) groups is 1. The molecule has 3 aromatic rings. The molecule has 1 aromatic carbocycles. The van der Waals surface area contributed by atoms with Gasteiger partial charge < -0.3 is 14.3 Å². The van der Waals surface area contributed by atoms with Crippen molar-refractivity contribution in [3.63, 3.8) is 0 Å². The lowest BCUT2D eigenvalue weighted by Crippen LogP contribution is -2.39. The highest BCUT2D eigenvalue weighted by Crippen LogP contribution is 2.36. The molecule has 32 heavy (non-hydrogen) atoms. The van der Waals surface area contributed by atoms with Gasteiger partial charge in [-0.3, -0.25) is 4.79 Å². The quantitative estimate of drug-likeness (QED) is 0.579. The molecule has 0 aliphatic carbocycles. The number of aromatic nitrogens is 4. The van der Waals surface area contributed by atoms with Crippen LogP contribution in [0.3, 0.4) is 0 Å². The van der Waals surface area contributed by atoms with Gasteiger partial charge in [-0.05, 0) is 43.9 Å². The Bertz CT molecular complexity index is 1080. The van der Waals surface area contributed by atoms with Crippen LogP contribution in [-0.4, -0.2) is 51.6 Å². The fourth-order valence-corrected chi connectivity index (χ4v) is 4.02. The number of rotatable bonds is 6. The standard InChI is InChI=1S/C23H27FN6O2/c1-15-26-20(32-28-15)11-12-21(31)30-13-5-4-6-19(30)22-18(14-25-23(27-22)29(2)3)16-7-9-17(24)10-8-16/h7-10,14,19H,4-6,11-13H2,1-3H3/t19-/m0/s1. The van der Waals surface area contributed by atoms with Crippen LogP contribution < -0.4 is 4.90 Å². The number of piperidine rings is 1. The Morgan fingerprint density at radius 2 is 2.00 bits per heavy atom. The van der Waals surface area contributed by atoms with E-state index in [2.05, 4.69) is 15.1 Å². The Hall–Kier alpha value is -3.36. The van der Waals surface area contributed by atoms with E-state index in [9.17, 15) is 9.18 Å². The molecule has 1 aliphatic heterocycles. The number of amides is 1. The van der Waals surface area contributed by atoms with Crippen molar-refractivity contribution in [1.29, 1.82) is 0 Å². The van der Waals surface area contributed by atoms with Crippen molar-refractivity contribution in [2.75, 3.05) is 25.5 Å². The lowest BCUT2D eigenvalue weighted by atomic mass is 9.93. The van der Waals surface area contributed by atoms with Crippen molar-refractivity contribution in [1.82, 2.24) is 25.0 Å². The maximum absolute atomic E-state index is 13.5. The van der Waals surface area contributed by atoms with Crippen LogP contribution >= 0.6 is 0 Å². The van der Waals surface area contributed by atoms with Crippen LogP contribution in [0.2, 0.25) is 0 Å². The summed E-state index contributed by atoms with van der Waals surface area (Å²) >= 11 is 0. The van der Waals surface area contributed by atoms with Gasteiger partial charge >= 0.3 is 0 Å². The molecule has 168 valence electrons. The van der Waals surface area contributed by atoms with Crippen molar-refractivity contribution < 1.29 is 13.7 Å². The minimum atomic E-state index is -0.299. The summed E-state index contributed by atoms with van der Waals surface area (Å²) in [5.74, 6) is 1.33. The maximum atomic E-state index is 13.5. The van der Waals surface area contributed by atoms with Gasteiger partial charge in [0.1, 0.15) is 5.82 Å². The number of hydrogen-bond acceptors (Lipinski definition) is 7. The van der Waals surface area contributed by atoms with Gasteiger partial charge in [0, 0.05) is 45.2 Å². The lowest BCUT2D eigenvalue weighted by Gasteiger charge is -2.36. The third kappa shape index (κ3) is 4.76. The molecule has 0 N–H and O–H groups in total. The fourth-order valence-electron chi connectivity index (χ4n) is 4.02. The molecular weight excluding hydrogens is 411 g/mol. The molecule has 0 bridgehead atoms. The summed E-state index contributed by atoms with van der Waals surface area (Å²) in [5, 5.41) is 3.79. The normalized spacial score (nSPS) is 16.2. The summed E-state index contributed by atoms with van der Waals surface area (Å²) in [6, 6.07) is 6.12. The minimum Gasteiger partial charge on any atom is -0.347 e. The number of aryl methyl sites for hydroxylation is 2. The summed E-state index contributed by atoms with van der Waals surface area (Å²) < 4.78 is 18.7. The van der Waals surface area contributed by atoms with Crippen molar-refractivity contribution in [3.05, 3.63) is 53.7 Å². The van der Waals surface area contributed by atoms with Gasteiger partial charge in [0.15, 0.2) is 5.82 Å². The van der Waals surface area contributed by atoms with E-state index < -0.39 is 0 Å². The van der Waals surface area contributed by atoms with E-state index in [4.69, 9.17) is 9.51 Å². The number of likely N-dealkylation sites (tertiary alicyclic amines) is 1. The molecule has 2 aromatic heterocycles. The molecule has 1 amide bonds. The molecule has 1 fully saturated rings. The average Bonchev–Trinajstić information content (AvgIpc) is 3.22. The molecule has 8 nitrogen and oxygen atoms in total. The third-order valence-electron chi connectivity index (χ3n) is 5.62. The number of anilines is 1. The molecule has 1 saturated heterocycles. The Kier molecular flexibility index (Phi) is 6.43. The second kappa shape index (κ2) is 9.42. The first-order chi connectivity index (χ1) is 15.4. The van der Waals surface area contributed by atoms with E-state index in [0.717, 1.165) is 36.1 Å². The predicted molar refractivity (Wildman–Crippen MR) is 117 cm³/mol. The molecule has 0 saturated carbocycles. The van der Waals surface area contributed by atoms with Crippen molar-refractivity contribution in [3.8, 4) is 11.1 Å². The second-order valence-electron chi connectivity index (χ2n) is 8.20. The van der Waals surface area contributed by atoms with E-state index in [1.54, 1.807) is 25.3 Å². The molecule has 1 atom stereocenters. The van der Waals surface area contributed by atoms with Gasteiger partial charge in [-0.1, -0.05) is 17.3 Å². The Labute approximate surface area is 186 Å². The average molecular weight is 439 g/mol. The van der Waals surface area contributed by atoms with Gasteiger partial charge in [-0.15, -0.1) is 0 Å². The van der Waals surface area contributed by atoms with Gasteiger partial charge in [-0.25, -0.2) is 14.4 Å². The number of nitrogens with zero attached hydrogens (tertiary/aromatic N) is 6. The molecule has 1 aliphatic rings. The highest BCUT2D eigenvalue weighted by Gasteiger charge is 2.31. The smallest absolute Gasteiger partial charge is 0.227 e. The molecule has 0 spiro atoms. The fraction of sp³-hybridized carbons (Fsp3) is 0.435. The van der Waals surface area contributed by atoms with E-state index >= 15 is 0 Å². The highest BCUT2D eigenvalue weighted by molar-refractivity contribution is 5.77. The zero-order valence-electron chi connectivity index (χ0n) is 18.6. The summed E-state index contributed by atoms with van der Waals surface area (Å²) in [6.07, 6.45) is 5.21. The van der Waals surface area contributed by atoms with Crippen molar-refractivity contribution >= 4 is 11.9 Å². The van der Waals surface area contributed by atoms with Gasteiger partial charge in [0.05, 0.1) is 11.7 Å². The van der Waals surface area contributed by atoms with E-state index in [1.165, 1.54) is 12.1 Å². The van der Waals surface area contributed by atoms with Gasteiger partial charge in [0.2, 0.25) is 17.7 Å². The Morgan fingerprint density at radius 3 is 2.69 bits per heavy atom. The summed E-state index contributed by atoms with van der Waals surface area (Å²) in [7, 11) is 3.76. The first-order valence-electron chi connectivity index (χ1n) is 10.8. The van der Waals surface area contributed by atoms with Gasteiger partial charge in [0.25, 0.3) is 0 Å². The number of benzene rings is 1. The number of halogens is 1. The van der Waals surface area contributed by atoms with Crippen LogP contribution in [0.1, 0.15) is 49.1 Å². The SMILES string of the molecule is Cc1noc(CCC(=O)N2CCCC[C@H]2c2nc(N(C)C)ncc2-c2ccc(F)cc2)n1. The highest BCUT2D eigenvalue weighted by atomic mass is 19.1. The Morgan fingerprint density at radius 1 is 1.22 bits per heavy atom. The predicted octanol–water partition coefficient (Wildman–Crippen LogP) is 3.73. The molecular formula is C23H27FN6O2. The summed E-state index contributed by atoms with van der Waals surface area (Å²) in [6.45, 7) is 2.42. The molecule has 0 unspecified atom stereocenters. The number of hydrogen-bond donors (Lipinski definition) is 0. The lowest BCUT2D eigenvalue weighted by molar-refractivity contribution is -0.135. The Balaban J connectivity index is 1.65. The van der Waals surface area contributed by atoms with E-state index in [-0.39, 0.29) is 24.2 Å². The largest absolute Gasteiger partial charge is 0.347 e. The summed E-state index contributed by atoms with van der Waals surface area (Å²) in [4.78, 5) is 30.4. The minimum absolute atomic E-state index is 0.0284. The van der Waals surface area contributed by atoms with Crippen LogP contribution in [0.4, 0.5) is 10.3 Å². The van der Waals surface area contributed by atoms with Gasteiger partial charge in [-0.2, -0.15) is 4.98 Å². The summed E-state index contributed by atoms with van der Waals surface area (Å²) in [5.41, 5.74) is 2.43. The monoisotopic (exact) mass is 438 g/mol. The first-order valence-corrected chi connectivity index (χ1v) is 10.8. The first kappa shape index (κ1) is 21.9. The zero-order chi connectivity index (χ0) is 22.7. The maximum Gasteiger partial charge on any atom is 0.227 e. The van der Waals surface area contributed by atoms with Crippen LogP contribution in [0.5, 0.6) is 0 Å². The third-order valence-corrected chi connectivity index (χ3v) is 5.62. The van der Waals surface area contributed by atoms with Crippen LogP contribution in [0.25, 0.3) is 11.1 Å². The van der Waals surface area contributed by atoms with Crippen molar-refractivity contribution in [2.24, 2.45) is 0 Å². The molecule has 0 radical (unpaired) electrons. The molecule has 3 heterocycles. The molecule has 4 rings (SSSR count). The van der Waals surface area contributed by atoms with Crippen molar-refractivity contribution in [2.45, 2.75) is 45.1 Å². The van der Waals surface area contributed by atoms with Crippen LogP contribution in [0, 0.1) is 12.7 Å². The second-order valence-corrected chi connectivity index (χ2v) is 8.20. The zero-order valence-corrected chi connectivity index (χ0v) is 18.6. The number of carbonyl (C=O) groups excluding carboxylic acids is 1. The van der Waals surface area contributed by atoms with Crippen LogP contribution in [-0.2, 0) is 11.2 Å². The topological polar surface area (TPSA) is 88.3 Å². The van der Waals surface area contributed by atoms with E-state index in [1.807, 2.05) is 23.9 Å². The molecule has 9 heteroatoms. The van der Waals surface area contributed by atoms with E-state index in [0.29, 0.717) is 30.6 Å².